The van der Waals surface area contributed by atoms with E-state index in [1.54, 1.807) is 24.3 Å². The molecule has 0 aliphatic carbocycles. The largest absolute Gasteiger partial charge is 0.508 e. The first-order valence-electron chi connectivity index (χ1n) is 7.26. The maximum atomic E-state index is 10.3. The molecular weight excluding hydrogens is 280 g/mol. The van der Waals surface area contributed by atoms with Crippen molar-refractivity contribution in [2.45, 2.75) is 38.2 Å². The second kappa shape index (κ2) is 4.57. The number of phenols is 3. The highest BCUT2D eigenvalue weighted by Gasteiger charge is 2.44. The van der Waals surface area contributed by atoms with E-state index in [4.69, 9.17) is 4.74 Å². The summed E-state index contributed by atoms with van der Waals surface area (Å²) in [4.78, 5) is 0. The Morgan fingerprint density at radius 3 is 2.09 bits per heavy atom. The van der Waals surface area contributed by atoms with E-state index in [1.165, 1.54) is 6.07 Å². The average Bonchev–Trinajstić information content (AvgIpc) is 2.35. The Balaban J connectivity index is 2.24. The molecule has 1 unspecified atom stereocenters. The molecule has 116 valence electrons. The maximum absolute atomic E-state index is 10.3. The minimum Gasteiger partial charge on any atom is -0.508 e. The van der Waals surface area contributed by atoms with E-state index >= 15 is 0 Å². The average molecular weight is 300 g/mol. The molecule has 1 atom stereocenters. The molecule has 0 bridgehead atoms. The normalized spacial score (nSPS) is 22.7. The Kier molecular flexibility index (Phi) is 3.02. The lowest BCUT2D eigenvalue weighted by molar-refractivity contribution is 0.0576. The number of hydrogen-bond acceptors (Lipinski definition) is 4. The summed E-state index contributed by atoms with van der Waals surface area (Å²) in [7, 11) is 0. The van der Waals surface area contributed by atoms with Gasteiger partial charge in [0.15, 0.2) is 0 Å². The Hall–Kier alpha value is -2.36. The summed E-state index contributed by atoms with van der Waals surface area (Å²) in [6, 6.07) is 9.71. The second-order valence-corrected chi connectivity index (χ2v) is 6.75. The smallest absolute Gasteiger partial charge is 0.127 e. The molecule has 0 amide bonds. The summed E-state index contributed by atoms with van der Waals surface area (Å²) < 4.78 is 5.99. The van der Waals surface area contributed by atoms with Crippen LogP contribution >= 0.6 is 0 Å². The van der Waals surface area contributed by atoms with Crippen LogP contribution in [-0.2, 0) is 5.41 Å². The van der Waals surface area contributed by atoms with Gasteiger partial charge >= 0.3 is 0 Å². The fraction of sp³-hybridized carbons (Fsp3) is 0.333. The zero-order chi connectivity index (χ0) is 16.1. The molecule has 0 aromatic heterocycles. The number of hydrogen-bond donors (Lipinski definition) is 3. The Morgan fingerprint density at radius 2 is 1.45 bits per heavy atom. The van der Waals surface area contributed by atoms with Crippen LogP contribution in [0.3, 0.4) is 0 Å². The van der Waals surface area contributed by atoms with Gasteiger partial charge < -0.3 is 20.1 Å². The van der Waals surface area contributed by atoms with Gasteiger partial charge in [0.1, 0.15) is 28.6 Å². The van der Waals surface area contributed by atoms with Crippen LogP contribution in [0.25, 0.3) is 0 Å². The first-order valence-corrected chi connectivity index (χ1v) is 7.26. The minimum absolute atomic E-state index is 0.0297. The van der Waals surface area contributed by atoms with Gasteiger partial charge in [-0.25, -0.2) is 0 Å². The van der Waals surface area contributed by atoms with Crippen molar-refractivity contribution in [1.29, 1.82) is 0 Å². The number of rotatable bonds is 1. The van der Waals surface area contributed by atoms with Crippen molar-refractivity contribution >= 4 is 0 Å². The van der Waals surface area contributed by atoms with Gasteiger partial charge in [0.05, 0.1) is 0 Å². The standard InChI is InChI=1S/C18H20O4/c1-17(2)10-18(3,13-6-4-11(19)8-15(13)21)14-7-5-12(20)9-16(14)22-17/h4-9,19-21H,10H2,1-3H3. The highest BCUT2D eigenvalue weighted by atomic mass is 16.5. The lowest BCUT2D eigenvalue weighted by Gasteiger charge is -2.44. The molecule has 1 heterocycles. The number of fused-ring (bicyclic) bond motifs is 1. The van der Waals surface area contributed by atoms with Crippen LogP contribution in [0.2, 0.25) is 0 Å². The van der Waals surface area contributed by atoms with Crippen LogP contribution in [-0.4, -0.2) is 20.9 Å². The van der Waals surface area contributed by atoms with E-state index in [9.17, 15) is 15.3 Å². The zero-order valence-corrected chi connectivity index (χ0v) is 12.9. The molecule has 0 fully saturated rings. The first kappa shape index (κ1) is 14.6. The van der Waals surface area contributed by atoms with Gasteiger partial charge in [0, 0.05) is 35.1 Å². The fourth-order valence-corrected chi connectivity index (χ4v) is 3.56. The van der Waals surface area contributed by atoms with Crippen LogP contribution in [0.1, 0.15) is 38.3 Å². The second-order valence-electron chi connectivity index (χ2n) is 6.75. The molecule has 3 N–H and O–H groups in total. The molecule has 1 aliphatic rings. The summed E-state index contributed by atoms with van der Waals surface area (Å²) in [5.41, 5.74) is 0.710. The van der Waals surface area contributed by atoms with Crippen LogP contribution in [0.15, 0.2) is 36.4 Å². The number of ether oxygens (including phenoxy) is 1. The van der Waals surface area contributed by atoms with Gasteiger partial charge in [-0.15, -0.1) is 0 Å². The predicted molar refractivity (Wildman–Crippen MR) is 83.7 cm³/mol. The van der Waals surface area contributed by atoms with Gasteiger partial charge in [-0.3, -0.25) is 0 Å². The predicted octanol–water partition coefficient (Wildman–Crippen LogP) is 3.67. The van der Waals surface area contributed by atoms with E-state index in [0.29, 0.717) is 12.2 Å². The molecule has 0 spiro atoms. The Bertz CT molecular complexity index is 736. The highest BCUT2D eigenvalue weighted by molar-refractivity contribution is 5.55. The van der Waals surface area contributed by atoms with E-state index in [0.717, 1.165) is 11.1 Å². The van der Waals surface area contributed by atoms with Crippen LogP contribution < -0.4 is 4.74 Å². The molecular formula is C18H20O4. The quantitative estimate of drug-likeness (QED) is 0.751. The van der Waals surface area contributed by atoms with Crippen LogP contribution in [0.5, 0.6) is 23.0 Å². The molecule has 4 nitrogen and oxygen atoms in total. The number of phenolic OH excluding ortho intramolecular Hbond substituents is 3. The third-order valence-corrected chi connectivity index (χ3v) is 4.30. The van der Waals surface area contributed by atoms with Gasteiger partial charge in [-0.2, -0.15) is 0 Å². The summed E-state index contributed by atoms with van der Waals surface area (Å²) in [6.07, 6.45) is 0.663. The van der Waals surface area contributed by atoms with Gasteiger partial charge in [0.2, 0.25) is 0 Å². The topological polar surface area (TPSA) is 69.9 Å². The Labute approximate surface area is 129 Å². The molecule has 22 heavy (non-hydrogen) atoms. The lowest BCUT2D eigenvalue weighted by Crippen LogP contribution is -2.43. The van der Waals surface area contributed by atoms with Gasteiger partial charge in [0.25, 0.3) is 0 Å². The van der Waals surface area contributed by atoms with E-state index < -0.39 is 11.0 Å². The highest BCUT2D eigenvalue weighted by Crippen LogP contribution is 2.51. The van der Waals surface area contributed by atoms with Crippen molar-refractivity contribution in [3.05, 3.63) is 47.5 Å². The summed E-state index contributed by atoms with van der Waals surface area (Å²) >= 11 is 0. The minimum atomic E-state index is -0.484. The molecule has 0 saturated carbocycles. The van der Waals surface area contributed by atoms with Gasteiger partial charge in [-0.1, -0.05) is 19.1 Å². The zero-order valence-electron chi connectivity index (χ0n) is 12.9. The molecule has 1 aliphatic heterocycles. The van der Waals surface area contributed by atoms with Crippen molar-refractivity contribution < 1.29 is 20.1 Å². The van der Waals surface area contributed by atoms with E-state index in [2.05, 4.69) is 0 Å². The number of aromatic hydroxyl groups is 3. The van der Waals surface area contributed by atoms with Gasteiger partial charge in [-0.05, 0) is 26.0 Å². The molecule has 4 heteroatoms. The van der Waals surface area contributed by atoms with Crippen molar-refractivity contribution in [3.8, 4) is 23.0 Å². The number of benzene rings is 2. The summed E-state index contributed by atoms with van der Waals surface area (Å²) in [6.45, 7) is 6.00. The van der Waals surface area contributed by atoms with Crippen LogP contribution in [0.4, 0.5) is 0 Å². The lowest BCUT2D eigenvalue weighted by atomic mass is 9.67. The third-order valence-electron chi connectivity index (χ3n) is 4.30. The fourth-order valence-electron chi connectivity index (χ4n) is 3.56. The van der Waals surface area contributed by atoms with E-state index in [-0.39, 0.29) is 17.2 Å². The summed E-state index contributed by atoms with van der Waals surface area (Å²) in [5.74, 6) is 0.848. The van der Waals surface area contributed by atoms with Crippen molar-refractivity contribution in [2.75, 3.05) is 0 Å². The SMILES string of the molecule is CC1(C)CC(C)(c2ccc(O)cc2O)c2ccc(O)cc2O1. The Morgan fingerprint density at radius 1 is 0.864 bits per heavy atom. The first-order chi connectivity index (χ1) is 10.2. The molecule has 3 rings (SSSR count). The molecule has 0 saturated heterocycles. The molecule has 2 aromatic carbocycles. The third kappa shape index (κ3) is 2.25. The van der Waals surface area contributed by atoms with E-state index in [1.807, 2.05) is 26.8 Å². The molecule has 0 radical (unpaired) electrons. The van der Waals surface area contributed by atoms with Crippen molar-refractivity contribution in [2.24, 2.45) is 0 Å². The monoisotopic (exact) mass is 300 g/mol. The van der Waals surface area contributed by atoms with Crippen molar-refractivity contribution in [1.82, 2.24) is 0 Å². The summed E-state index contributed by atoms with van der Waals surface area (Å²) in [5, 5.41) is 29.6. The maximum Gasteiger partial charge on any atom is 0.127 e. The van der Waals surface area contributed by atoms with Crippen LogP contribution in [0, 0.1) is 0 Å². The van der Waals surface area contributed by atoms with Crippen molar-refractivity contribution in [3.63, 3.8) is 0 Å². The molecule has 2 aromatic rings.